The smallest absolute Gasteiger partial charge is 0.368 e. The Morgan fingerprint density at radius 2 is 1.64 bits per heavy atom. The first kappa shape index (κ1) is 23.3. The number of alkyl halides is 3. The maximum Gasteiger partial charge on any atom is 0.416 e. The molecule has 4 rings (SSSR count). The number of carbonyl (C=O) groups excluding carboxylic acids is 1. The number of hydrogen-bond acceptors (Lipinski definition) is 5. The van der Waals surface area contributed by atoms with Crippen molar-refractivity contribution in [2.45, 2.75) is 11.1 Å². The van der Waals surface area contributed by atoms with Crippen LogP contribution in [0.25, 0.3) is 11.1 Å². The fourth-order valence-electron chi connectivity index (χ4n) is 3.80. The average Bonchev–Trinajstić information content (AvgIpc) is 3.32. The number of sulfone groups is 1. The molecule has 0 radical (unpaired) electrons. The number of piperazine rings is 1. The number of thiophene rings is 1. The molecule has 2 aromatic carbocycles. The summed E-state index contributed by atoms with van der Waals surface area (Å²) < 4.78 is 62.6. The Balaban J connectivity index is 1.54. The van der Waals surface area contributed by atoms with E-state index in [0.29, 0.717) is 43.0 Å². The van der Waals surface area contributed by atoms with Crippen LogP contribution in [0.4, 0.5) is 18.9 Å². The van der Waals surface area contributed by atoms with Crippen molar-refractivity contribution in [3.63, 3.8) is 0 Å². The lowest BCUT2D eigenvalue weighted by atomic mass is 10.0. The van der Waals surface area contributed by atoms with Crippen LogP contribution in [0.2, 0.25) is 0 Å². The van der Waals surface area contributed by atoms with Gasteiger partial charge in [-0.25, -0.2) is 8.42 Å². The number of anilines is 1. The van der Waals surface area contributed by atoms with Crippen LogP contribution in [0.5, 0.6) is 0 Å². The summed E-state index contributed by atoms with van der Waals surface area (Å²) in [5, 5.41) is 3.78. The van der Waals surface area contributed by atoms with Gasteiger partial charge in [0, 0.05) is 43.7 Å². The van der Waals surface area contributed by atoms with E-state index in [1.165, 1.54) is 35.6 Å². The molecule has 5 nitrogen and oxygen atoms in total. The molecule has 1 aliphatic rings. The third kappa shape index (κ3) is 5.06. The van der Waals surface area contributed by atoms with Gasteiger partial charge in [0.05, 0.1) is 10.5 Å². The second-order valence-electron chi connectivity index (χ2n) is 7.82. The highest BCUT2D eigenvalue weighted by atomic mass is 32.2. The van der Waals surface area contributed by atoms with Crippen LogP contribution >= 0.6 is 11.3 Å². The molecule has 1 amide bonds. The van der Waals surface area contributed by atoms with E-state index in [9.17, 15) is 26.4 Å². The summed E-state index contributed by atoms with van der Waals surface area (Å²) in [6.07, 6.45) is -3.28. The normalized spacial score (nSPS) is 15.0. The van der Waals surface area contributed by atoms with Gasteiger partial charge >= 0.3 is 6.18 Å². The van der Waals surface area contributed by atoms with Crippen LogP contribution in [0.15, 0.2) is 64.2 Å². The molecule has 33 heavy (non-hydrogen) atoms. The number of rotatable bonds is 4. The second kappa shape index (κ2) is 8.83. The van der Waals surface area contributed by atoms with Crippen LogP contribution in [0.3, 0.4) is 0 Å². The fraction of sp³-hybridized carbons (Fsp3) is 0.261. The van der Waals surface area contributed by atoms with Crippen LogP contribution in [-0.4, -0.2) is 51.7 Å². The van der Waals surface area contributed by atoms with E-state index in [0.717, 1.165) is 24.0 Å². The van der Waals surface area contributed by atoms with Gasteiger partial charge in [-0.3, -0.25) is 4.79 Å². The molecular weight excluding hydrogens is 473 g/mol. The van der Waals surface area contributed by atoms with Crippen molar-refractivity contribution in [1.82, 2.24) is 4.90 Å². The Bertz CT molecular complexity index is 1250. The number of amides is 1. The lowest BCUT2D eigenvalue weighted by Gasteiger charge is -2.36. The minimum atomic E-state index is -4.38. The summed E-state index contributed by atoms with van der Waals surface area (Å²) >= 11 is 1.48. The van der Waals surface area contributed by atoms with Crippen LogP contribution in [-0.2, 0) is 16.0 Å². The minimum Gasteiger partial charge on any atom is -0.368 e. The number of halogens is 3. The van der Waals surface area contributed by atoms with E-state index < -0.39 is 21.6 Å². The third-order valence-corrected chi connectivity index (χ3v) is 7.40. The van der Waals surface area contributed by atoms with E-state index in [4.69, 9.17) is 0 Å². The Hall–Kier alpha value is -2.85. The van der Waals surface area contributed by atoms with Crippen LogP contribution in [0, 0.1) is 0 Å². The highest BCUT2D eigenvalue weighted by Gasteiger charge is 2.31. The topological polar surface area (TPSA) is 57.7 Å². The Morgan fingerprint density at radius 3 is 2.18 bits per heavy atom. The van der Waals surface area contributed by atoms with Gasteiger partial charge in [0.15, 0.2) is 9.84 Å². The molecule has 1 saturated heterocycles. The van der Waals surface area contributed by atoms with Gasteiger partial charge in [-0.1, -0.05) is 6.07 Å². The second-order valence-corrected chi connectivity index (χ2v) is 10.6. The predicted molar refractivity (Wildman–Crippen MR) is 122 cm³/mol. The molecule has 0 saturated carbocycles. The van der Waals surface area contributed by atoms with Gasteiger partial charge in [0.2, 0.25) is 0 Å². The molecule has 0 spiro atoms. The molecule has 1 fully saturated rings. The van der Waals surface area contributed by atoms with E-state index in [1.807, 2.05) is 21.7 Å². The summed E-state index contributed by atoms with van der Waals surface area (Å²) in [7, 11) is -3.49. The molecule has 3 aromatic rings. The Labute approximate surface area is 194 Å². The molecule has 2 heterocycles. The number of hydrogen-bond donors (Lipinski definition) is 0. The molecule has 1 aromatic heterocycles. The van der Waals surface area contributed by atoms with E-state index in [-0.39, 0.29) is 10.8 Å². The van der Waals surface area contributed by atoms with Crippen molar-refractivity contribution >= 4 is 32.8 Å². The van der Waals surface area contributed by atoms with Gasteiger partial charge in [-0.15, -0.1) is 0 Å². The standard InChI is InChI=1S/C23H21F3N2O3S2/c1-33(30,31)19-6-7-20(16-8-13-32-15-16)21(14-19)22(29)28-11-9-27(10-12-28)18-4-2-17(3-5-18)23(24,25)26/h2-8,13-15H,9-12H2,1H3. The van der Waals surface area contributed by atoms with Crippen molar-refractivity contribution in [3.05, 3.63) is 70.4 Å². The predicted octanol–water partition coefficient (Wildman–Crippen LogP) is 4.80. The summed E-state index contributed by atoms with van der Waals surface area (Å²) in [4.78, 5) is 17.0. The number of nitrogens with zero attached hydrogens (tertiary/aromatic N) is 2. The van der Waals surface area contributed by atoms with E-state index in [1.54, 1.807) is 11.0 Å². The molecule has 0 atom stereocenters. The van der Waals surface area contributed by atoms with Gasteiger partial charge in [0.1, 0.15) is 0 Å². The van der Waals surface area contributed by atoms with Gasteiger partial charge in [-0.05, 0) is 64.4 Å². The quantitative estimate of drug-likeness (QED) is 0.523. The summed E-state index contributed by atoms with van der Waals surface area (Å²) in [5.41, 5.74) is 1.78. The fourth-order valence-corrected chi connectivity index (χ4v) is 5.10. The van der Waals surface area contributed by atoms with Crippen molar-refractivity contribution < 1.29 is 26.4 Å². The summed E-state index contributed by atoms with van der Waals surface area (Å²) in [5.74, 6) is -0.270. The Kier molecular flexibility index (Phi) is 6.24. The van der Waals surface area contributed by atoms with Crippen molar-refractivity contribution in [3.8, 4) is 11.1 Å². The average molecular weight is 495 g/mol. The molecule has 0 unspecified atom stereocenters. The zero-order chi connectivity index (χ0) is 23.8. The van der Waals surface area contributed by atoms with Crippen molar-refractivity contribution in [2.24, 2.45) is 0 Å². The van der Waals surface area contributed by atoms with Crippen LogP contribution in [0.1, 0.15) is 15.9 Å². The first-order chi connectivity index (χ1) is 15.5. The zero-order valence-electron chi connectivity index (χ0n) is 17.7. The van der Waals surface area contributed by atoms with Gasteiger partial charge in [0.25, 0.3) is 5.91 Å². The molecule has 0 bridgehead atoms. The molecule has 10 heteroatoms. The molecule has 0 N–H and O–H groups in total. The molecular formula is C23H21F3N2O3S2. The minimum absolute atomic E-state index is 0.0771. The highest BCUT2D eigenvalue weighted by Crippen LogP contribution is 2.32. The number of benzene rings is 2. The monoisotopic (exact) mass is 494 g/mol. The van der Waals surface area contributed by atoms with Crippen molar-refractivity contribution in [1.29, 1.82) is 0 Å². The van der Waals surface area contributed by atoms with Gasteiger partial charge < -0.3 is 9.80 Å². The maximum absolute atomic E-state index is 13.4. The Morgan fingerprint density at radius 1 is 0.970 bits per heavy atom. The SMILES string of the molecule is CS(=O)(=O)c1ccc(-c2ccsc2)c(C(=O)N2CCN(c3ccc(C(F)(F)F)cc3)CC2)c1. The largest absolute Gasteiger partial charge is 0.416 e. The first-order valence-electron chi connectivity index (χ1n) is 10.1. The lowest BCUT2D eigenvalue weighted by Crippen LogP contribution is -2.49. The first-order valence-corrected chi connectivity index (χ1v) is 13.0. The molecule has 174 valence electrons. The molecule has 1 aliphatic heterocycles. The third-order valence-electron chi connectivity index (χ3n) is 5.61. The zero-order valence-corrected chi connectivity index (χ0v) is 19.3. The lowest BCUT2D eigenvalue weighted by molar-refractivity contribution is -0.137. The highest BCUT2D eigenvalue weighted by molar-refractivity contribution is 7.90. The molecule has 0 aliphatic carbocycles. The number of carbonyl (C=O) groups is 1. The van der Waals surface area contributed by atoms with E-state index >= 15 is 0 Å². The van der Waals surface area contributed by atoms with Gasteiger partial charge in [-0.2, -0.15) is 24.5 Å². The maximum atomic E-state index is 13.4. The summed E-state index contributed by atoms with van der Waals surface area (Å²) in [6.45, 7) is 1.64. The van der Waals surface area contributed by atoms with Crippen molar-refractivity contribution in [2.75, 3.05) is 37.3 Å². The summed E-state index contributed by atoms with van der Waals surface area (Å²) in [6, 6.07) is 11.4. The van der Waals surface area contributed by atoms with E-state index in [2.05, 4.69) is 0 Å². The van der Waals surface area contributed by atoms with Crippen LogP contribution < -0.4 is 4.90 Å².